The smallest absolute Gasteiger partial charge is 0.305 e. The van der Waals surface area contributed by atoms with Crippen LogP contribution in [-0.4, -0.2) is 109 Å². The summed E-state index contributed by atoms with van der Waals surface area (Å²) >= 11 is 0. The van der Waals surface area contributed by atoms with Gasteiger partial charge in [0.25, 0.3) is 0 Å². The Morgan fingerprint density at radius 2 is 1.42 bits per heavy atom. The SMILES string of the molecule is CN[C@@H](C)C(=O)N[C@@H](C)C(=O)N(C)C(C(=O)N(C)[C@@H](CC(=O)O)C(=O)N(C)C)C1CCCC1. The van der Waals surface area contributed by atoms with E-state index in [1.165, 1.54) is 38.0 Å². The lowest BCUT2D eigenvalue weighted by Gasteiger charge is -2.38. The molecule has 0 aromatic rings. The number of rotatable bonds is 11. The second-order valence-electron chi connectivity index (χ2n) is 8.97. The van der Waals surface area contributed by atoms with Crippen LogP contribution in [-0.2, 0) is 24.0 Å². The summed E-state index contributed by atoms with van der Waals surface area (Å²) in [5.74, 6) is -3.08. The molecule has 0 aromatic carbocycles. The number of aliphatic carboxylic acids is 1. The minimum Gasteiger partial charge on any atom is -0.481 e. The zero-order valence-electron chi connectivity index (χ0n) is 20.8. The molecule has 3 N–H and O–H groups in total. The highest BCUT2D eigenvalue weighted by molar-refractivity contribution is 5.95. The molecule has 33 heavy (non-hydrogen) atoms. The lowest BCUT2D eigenvalue weighted by Crippen LogP contribution is -2.59. The number of carboxylic acid groups (broad SMARTS) is 1. The number of hydrogen-bond donors (Lipinski definition) is 3. The largest absolute Gasteiger partial charge is 0.481 e. The monoisotopic (exact) mass is 469 g/mol. The molecule has 11 nitrogen and oxygen atoms in total. The van der Waals surface area contributed by atoms with Crippen molar-refractivity contribution in [3.8, 4) is 0 Å². The van der Waals surface area contributed by atoms with Crippen molar-refractivity contribution in [3.63, 3.8) is 0 Å². The molecule has 1 aliphatic rings. The fourth-order valence-corrected chi connectivity index (χ4v) is 4.15. The number of carboxylic acids is 1. The number of nitrogens with one attached hydrogen (secondary N) is 2. The van der Waals surface area contributed by atoms with E-state index in [9.17, 15) is 29.1 Å². The summed E-state index contributed by atoms with van der Waals surface area (Å²) in [6.45, 7) is 3.22. The number of carbonyl (C=O) groups excluding carboxylic acids is 4. The van der Waals surface area contributed by atoms with Crippen LogP contribution in [0, 0.1) is 5.92 Å². The molecule has 0 aromatic heterocycles. The van der Waals surface area contributed by atoms with Crippen molar-refractivity contribution in [2.75, 3.05) is 35.2 Å². The minimum absolute atomic E-state index is 0.118. The van der Waals surface area contributed by atoms with Gasteiger partial charge >= 0.3 is 5.97 Å². The summed E-state index contributed by atoms with van der Waals surface area (Å²) in [7, 11) is 7.54. The van der Waals surface area contributed by atoms with Gasteiger partial charge in [-0.1, -0.05) is 12.8 Å². The van der Waals surface area contributed by atoms with Gasteiger partial charge in [-0.15, -0.1) is 0 Å². The van der Waals surface area contributed by atoms with E-state index in [1.54, 1.807) is 20.9 Å². The molecule has 4 atom stereocenters. The van der Waals surface area contributed by atoms with Crippen LogP contribution in [0.1, 0.15) is 46.0 Å². The van der Waals surface area contributed by atoms with Gasteiger partial charge in [0.15, 0.2) is 0 Å². The first-order valence-corrected chi connectivity index (χ1v) is 11.3. The third-order valence-electron chi connectivity index (χ3n) is 6.33. The Labute approximate surface area is 195 Å². The lowest BCUT2D eigenvalue weighted by molar-refractivity contribution is -0.154. The second kappa shape index (κ2) is 12.5. The first kappa shape index (κ1) is 28.3. The van der Waals surface area contributed by atoms with Crippen molar-refractivity contribution in [3.05, 3.63) is 0 Å². The molecule has 0 radical (unpaired) electrons. The highest BCUT2D eigenvalue weighted by Crippen LogP contribution is 2.31. The maximum absolute atomic E-state index is 13.6. The highest BCUT2D eigenvalue weighted by Gasteiger charge is 2.42. The van der Waals surface area contributed by atoms with E-state index < -0.39 is 54.3 Å². The maximum atomic E-state index is 13.6. The van der Waals surface area contributed by atoms with Crippen LogP contribution in [0.4, 0.5) is 0 Å². The van der Waals surface area contributed by atoms with E-state index >= 15 is 0 Å². The standard InChI is InChI=1S/C22H39N5O6/c1-13(23-3)19(30)24-14(2)20(31)27(7)18(15-10-8-9-11-15)22(33)26(6)16(12-17(28)29)21(32)25(4)5/h13-16,18,23H,8-12H2,1-7H3,(H,24,30)(H,28,29)/t13-,14-,16-,18?/m0/s1. The summed E-state index contributed by atoms with van der Waals surface area (Å²) < 4.78 is 0. The molecular weight excluding hydrogens is 430 g/mol. The Hall–Kier alpha value is -2.69. The van der Waals surface area contributed by atoms with E-state index in [1.807, 2.05) is 0 Å². The van der Waals surface area contributed by atoms with Crippen molar-refractivity contribution < 1.29 is 29.1 Å². The molecule has 11 heteroatoms. The second-order valence-corrected chi connectivity index (χ2v) is 8.97. The van der Waals surface area contributed by atoms with Crippen LogP contribution in [0.15, 0.2) is 0 Å². The highest BCUT2D eigenvalue weighted by atomic mass is 16.4. The summed E-state index contributed by atoms with van der Waals surface area (Å²) in [5, 5.41) is 14.8. The Kier molecular flexibility index (Phi) is 10.8. The number of hydrogen-bond acceptors (Lipinski definition) is 6. The van der Waals surface area contributed by atoms with Gasteiger partial charge in [-0.25, -0.2) is 0 Å². The van der Waals surface area contributed by atoms with Gasteiger partial charge in [0.05, 0.1) is 12.5 Å². The van der Waals surface area contributed by atoms with E-state index in [0.29, 0.717) is 0 Å². The quantitative estimate of drug-likeness (QED) is 0.371. The van der Waals surface area contributed by atoms with Crippen molar-refractivity contribution in [1.29, 1.82) is 0 Å². The Morgan fingerprint density at radius 3 is 1.88 bits per heavy atom. The van der Waals surface area contributed by atoms with Gasteiger partial charge in [0.1, 0.15) is 18.1 Å². The fourth-order valence-electron chi connectivity index (χ4n) is 4.15. The molecule has 0 heterocycles. The van der Waals surface area contributed by atoms with E-state index in [-0.39, 0.29) is 11.8 Å². The van der Waals surface area contributed by atoms with E-state index in [0.717, 1.165) is 30.6 Å². The Balaban J connectivity index is 3.18. The summed E-state index contributed by atoms with van der Waals surface area (Å²) in [6.07, 6.45) is 2.78. The summed E-state index contributed by atoms with van der Waals surface area (Å²) in [6, 6.07) is -3.40. The van der Waals surface area contributed by atoms with Crippen LogP contribution in [0.3, 0.4) is 0 Å². The van der Waals surface area contributed by atoms with Crippen molar-refractivity contribution >= 4 is 29.6 Å². The number of nitrogens with zero attached hydrogens (tertiary/aromatic N) is 3. The zero-order valence-corrected chi connectivity index (χ0v) is 20.8. The van der Waals surface area contributed by atoms with Gasteiger partial charge in [-0.05, 0) is 39.7 Å². The van der Waals surface area contributed by atoms with Crippen LogP contribution in [0.2, 0.25) is 0 Å². The molecule has 0 aliphatic heterocycles. The van der Waals surface area contributed by atoms with Crippen molar-refractivity contribution in [2.24, 2.45) is 5.92 Å². The molecule has 0 saturated heterocycles. The molecule has 188 valence electrons. The molecule has 1 saturated carbocycles. The first-order chi connectivity index (χ1) is 15.3. The molecule has 0 bridgehead atoms. The lowest BCUT2D eigenvalue weighted by atomic mass is 9.94. The third-order valence-corrected chi connectivity index (χ3v) is 6.33. The summed E-state index contributed by atoms with van der Waals surface area (Å²) in [4.78, 5) is 66.7. The maximum Gasteiger partial charge on any atom is 0.305 e. The average Bonchev–Trinajstić information content (AvgIpc) is 3.29. The van der Waals surface area contributed by atoms with Gasteiger partial charge < -0.3 is 30.4 Å². The third kappa shape index (κ3) is 7.41. The van der Waals surface area contributed by atoms with Gasteiger partial charge in [0.2, 0.25) is 23.6 Å². The number of likely N-dealkylation sites (N-methyl/N-ethyl adjacent to an activating group) is 4. The average molecular weight is 470 g/mol. The van der Waals surface area contributed by atoms with Crippen LogP contribution in [0.5, 0.6) is 0 Å². The minimum atomic E-state index is -1.20. The Bertz CT molecular complexity index is 737. The Morgan fingerprint density at radius 1 is 0.879 bits per heavy atom. The normalized spacial score (nSPS) is 17.4. The summed E-state index contributed by atoms with van der Waals surface area (Å²) in [5.41, 5.74) is 0. The van der Waals surface area contributed by atoms with Crippen molar-refractivity contribution in [2.45, 2.75) is 70.1 Å². The predicted molar refractivity (Wildman–Crippen MR) is 122 cm³/mol. The van der Waals surface area contributed by atoms with Crippen LogP contribution >= 0.6 is 0 Å². The number of carbonyl (C=O) groups is 5. The fraction of sp³-hybridized carbons (Fsp3) is 0.773. The number of amides is 4. The molecule has 1 aliphatic carbocycles. The van der Waals surface area contributed by atoms with Crippen molar-refractivity contribution in [1.82, 2.24) is 25.3 Å². The molecule has 0 spiro atoms. The topological polar surface area (TPSA) is 139 Å². The molecular formula is C22H39N5O6. The zero-order chi connectivity index (χ0) is 25.5. The molecule has 1 unspecified atom stereocenters. The van der Waals surface area contributed by atoms with Gasteiger partial charge in [0, 0.05) is 28.2 Å². The van der Waals surface area contributed by atoms with Gasteiger partial charge in [-0.2, -0.15) is 0 Å². The van der Waals surface area contributed by atoms with Crippen LogP contribution in [0.25, 0.3) is 0 Å². The molecule has 1 rings (SSSR count). The van der Waals surface area contributed by atoms with Crippen LogP contribution < -0.4 is 10.6 Å². The van der Waals surface area contributed by atoms with E-state index in [2.05, 4.69) is 10.6 Å². The molecule has 4 amide bonds. The predicted octanol–water partition coefficient (Wildman–Crippen LogP) is -0.494. The first-order valence-electron chi connectivity index (χ1n) is 11.3. The van der Waals surface area contributed by atoms with Gasteiger partial charge in [-0.3, -0.25) is 24.0 Å². The van der Waals surface area contributed by atoms with E-state index in [4.69, 9.17) is 0 Å². The molecule has 1 fully saturated rings.